The van der Waals surface area contributed by atoms with Crippen LogP contribution in [0.5, 0.6) is 17.2 Å². The molecule has 28 heavy (non-hydrogen) atoms. The second-order valence-electron chi connectivity index (χ2n) is 5.74. The van der Waals surface area contributed by atoms with E-state index in [1.54, 1.807) is 36.4 Å². The summed E-state index contributed by atoms with van der Waals surface area (Å²) in [5.74, 6) is 0.211. The third kappa shape index (κ3) is 3.54. The summed E-state index contributed by atoms with van der Waals surface area (Å²) in [6.07, 6.45) is 1.44. The Morgan fingerprint density at radius 2 is 1.54 bits per heavy atom. The van der Waals surface area contributed by atoms with Gasteiger partial charge in [0.25, 0.3) is 11.8 Å². The molecule has 7 nitrogen and oxygen atoms in total. The van der Waals surface area contributed by atoms with Gasteiger partial charge in [0, 0.05) is 11.6 Å². The normalized spacial score (nSPS) is 15.5. The molecule has 1 fully saturated rings. The van der Waals surface area contributed by atoms with Gasteiger partial charge in [-0.05, 0) is 36.5 Å². The molecule has 2 amide bonds. The first-order valence-corrected chi connectivity index (χ1v) is 8.67. The predicted octanol–water partition coefficient (Wildman–Crippen LogP) is 2.54. The highest BCUT2D eigenvalue weighted by Crippen LogP contribution is 2.36. The number of amides is 2. The molecule has 2 aromatic carbocycles. The summed E-state index contributed by atoms with van der Waals surface area (Å²) >= 11 is 5.19. The molecule has 3 rings (SSSR count). The van der Waals surface area contributed by atoms with Crippen LogP contribution in [-0.4, -0.2) is 38.3 Å². The van der Waals surface area contributed by atoms with Crippen LogP contribution in [0.2, 0.25) is 0 Å². The molecule has 0 unspecified atom stereocenters. The lowest BCUT2D eigenvalue weighted by atomic mass is 10.1. The van der Waals surface area contributed by atoms with Crippen LogP contribution in [0.3, 0.4) is 0 Å². The van der Waals surface area contributed by atoms with Crippen LogP contribution in [-0.2, 0) is 9.59 Å². The standard InChI is InChI=1S/C20H18N2O5S/c1-25-15-11-17(27-3)16(26-2)10-12(15)9-14-18(23)21-20(28)22(19(14)24)13-7-5-4-6-8-13/h4-11H,1-3H3,(H,21,23,28). The van der Waals surface area contributed by atoms with Crippen molar-refractivity contribution in [3.63, 3.8) is 0 Å². The SMILES string of the molecule is COc1cc(OC)c(OC)cc1C=C1C(=O)NC(=S)N(c2ccccc2)C1=O. The van der Waals surface area contributed by atoms with E-state index in [0.717, 1.165) is 0 Å². The Hall–Kier alpha value is -3.39. The minimum absolute atomic E-state index is 0.0256. The quantitative estimate of drug-likeness (QED) is 0.474. The Morgan fingerprint density at radius 3 is 2.14 bits per heavy atom. The van der Waals surface area contributed by atoms with E-state index in [2.05, 4.69) is 5.32 Å². The van der Waals surface area contributed by atoms with Crippen molar-refractivity contribution in [2.45, 2.75) is 0 Å². The first-order valence-electron chi connectivity index (χ1n) is 8.26. The third-order valence-electron chi connectivity index (χ3n) is 4.15. The summed E-state index contributed by atoms with van der Waals surface area (Å²) in [6, 6.07) is 12.1. The van der Waals surface area contributed by atoms with Gasteiger partial charge in [-0.3, -0.25) is 19.8 Å². The van der Waals surface area contributed by atoms with Gasteiger partial charge in [-0.25, -0.2) is 0 Å². The molecule has 1 aliphatic heterocycles. The van der Waals surface area contributed by atoms with E-state index in [4.69, 9.17) is 26.4 Å². The van der Waals surface area contributed by atoms with Gasteiger partial charge in [0.1, 0.15) is 11.3 Å². The van der Waals surface area contributed by atoms with Crippen LogP contribution < -0.4 is 24.4 Å². The predicted molar refractivity (Wildman–Crippen MR) is 109 cm³/mol. The first kappa shape index (κ1) is 19.4. The van der Waals surface area contributed by atoms with E-state index >= 15 is 0 Å². The highest BCUT2D eigenvalue weighted by Gasteiger charge is 2.34. The lowest BCUT2D eigenvalue weighted by Gasteiger charge is -2.29. The van der Waals surface area contributed by atoms with Gasteiger partial charge in [0.15, 0.2) is 16.6 Å². The molecule has 0 atom stereocenters. The van der Waals surface area contributed by atoms with Crippen LogP contribution in [0.25, 0.3) is 6.08 Å². The van der Waals surface area contributed by atoms with Crippen molar-refractivity contribution in [3.05, 3.63) is 53.6 Å². The summed E-state index contributed by atoms with van der Waals surface area (Å²) in [5, 5.41) is 2.58. The van der Waals surface area contributed by atoms with Crippen molar-refractivity contribution in [1.82, 2.24) is 5.32 Å². The molecule has 0 aromatic heterocycles. The van der Waals surface area contributed by atoms with Crippen LogP contribution in [0.1, 0.15) is 5.56 Å². The second-order valence-corrected chi connectivity index (χ2v) is 6.13. The second kappa shape index (κ2) is 8.10. The maximum Gasteiger partial charge on any atom is 0.270 e. The molecule has 1 aliphatic rings. The minimum atomic E-state index is -0.584. The van der Waals surface area contributed by atoms with Gasteiger partial charge in [0.05, 0.1) is 27.0 Å². The summed E-state index contributed by atoms with van der Waals surface area (Å²) in [6.45, 7) is 0. The molecular formula is C20H18N2O5S. The highest BCUT2D eigenvalue weighted by molar-refractivity contribution is 7.80. The summed E-state index contributed by atoms with van der Waals surface area (Å²) in [5.41, 5.74) is 0.963. The van der Waals surface area contributed by atoms with E-state index in [1.165, 1.54) is 32.3 Å². The monoisotopic (exact) mass is 398 g/mol. The van der Waals surface area contributed by atoms with Crippen LogP contribution in [0.4, 0.5) is 5.69 Å². The molecule has 2 aromatic rings. The van der Waals surface area contributed by atoms with E-state index in [-0.39, 0.29) is 10.7 Å². The van der Waals surface area contributed by atoms with Gasteiger partial charge in [-0.1, -0.05) is 18.2 Å². The zero-order valence-electron chi connectivity index (χ0n) is 15.5. The van der Waals surface area contributed by atoms with Gasteiger partial charge >= 0.3 is 0 Å². The molecule has 0 saturated carbocycles. The van der Waals surface area contributed by atoms with E-state index < -0.39 is 11.8 Å². The Morgan fingerprint density at radius 1 is 0.929 bits per heavy atom. The molecule has 0 aliphatic carbocycles. The maximum atomic E-state index is 13.0. The fourth-order valence-electron chi connectivity index (χ4n) is 2.79. The molecule has 0 spiro atoms. The number of hydrogen-bond donors (Lipinski definition) is 1. The average molecular weight is 398 g/mol. The van der Waals surface area contributed by atoms with Crippen molar-refractivity contribution in [2.75, 3.05) is 26.2 Å². The van der Waals surface area contributed by atoms with Gasteiger partial charge in [-0.2, -0.15) is 0 Å². The lowest BCUT2D eigenvalue weighted by Crippen LogP contribution is -2.54. The van der Waals surface area contributed by atoms with Gasteiger partial charge in [0.2, 0.25) is 0 Å². The lowest BCUT2D eigenvalue weighted by molar-refractivity contribution is -0.122. The summed E-state index contributed by atoms with van der Waals surface area (Å²) in [4.78, 5) is 26.8. The number of benzene rings is 2. The first-order chi connectivity index (χ1) is 13.5. The number of ether oxygens (including phenoxy) is 3. The van der Waals surface area contributed by atoms with Crippen LogP contribution >= 0.6 is 12.2 Å². The van der Waals surface area contributed by atoms with Crippen molar-refractivity contribution < 1.29 is 23.8 Å². The zero-order valence-corrected chi connectivity index (χ0v) is 16.3. The smallest absolute Gasteiger partial charge is 0.270 e. The van der Waals surface area contributed by atoms with Crippen molar-refractivity contribution in [2.24, 2.45) is 0 Å². The molecule has 1 saturated heterocycles. The zero-order chi connectivity index (χ0) is 20.3. The minimum Gasteiger partial charge on any atom is -0.496 e. The highest BCUT2D eigenvalue weighted by atomic mass is 32.1. The largest absolute Gasteiger partial charge is 0.496 e. The summed E-state index contributed by atoms with van der Waals surface area (Å²) in [7, 11) is 4.49. The van der Waals surface area contributed by atoms with E-state index in [9.17, 15) is 9.59 Å². The molecule has 8 heteroatoms. The van der Waals surface area contributed by atoms with Gasteiger partial charge < -0.3 is 14.2 Å². The Labute approximate surface area is 167 Å². The molecular weight excluding hydrogens is 380 g/mol. The van der Waals surface area contributed by atoms with Crippen molar-refractivity contribution >= 4 is 40.9 Å². The number of methoxy groups -OCH3 is 3. The molecule has 0 bridgehead atoms. The molecule has 144 valence electrons. The number of para-hydroxylation sites is 1. The van der Waals surface area contributed by atoms with Crippen molar-refractivity contribution in [1.29, 1.82) is 0 Å². The number of nitrogens with one attached hydrogen (secondary N) is 1. The number of anilines is 1. The van der Waals surface area contributed by atoms with Crippen molar-refractivity contribution in [3.8, 4) is 17.2 Å². The fourth-order valence-corrected chi connectivity index (χ4v) is 3.07. The summed E-state index contributed by atoms with van der Waals surface area (Å²) < 4.78 is 15.9. The van der Waals surface area contributed by atoms with Gasteiger partial charge in [-0.15, -0.1) is 0 Å². The fraction of sp³-hybridized carbons (Fsp3) is 0.150. The Kier molecular flexibility index (Phi) is 5.60. The Balaban J connectivity index is 2.09. The van der Waals surface area contributed by atoms with E-state index in [0.29, 0.717) is 28.5 Å². The number of rotatable bonds is 5. The van der Waals surface area contributed by atoms with Crippen LogP contribution in [0.15, 0.2) is 48.0 Å². The molecule has 0 radical (unpaired) electrons. The number of thiocarbonyl (C=S) groups is 1. The Bertz CT molecular complexity index is 972. The number of carbonyl (C=O) groups excluding carboxylic acids is 2. The molecule has 1 heterocycles. The number of hydrogen-bond acceptors (Lipinski definition) is 6. The van der Waals surface area contributed by atoms with Crippen LogP contribution in [0, 0.1) is 0 Å². The van der Waals surface area contributed by atoms with E-state index in [1.807, 2.05) is 6.07 Å². The molecule has 1 N–H and O–H groups in total. The third-order valence-corrected chi connectivity index (χ3v) is 4.44. The number of carbonyl (C=O) groups is 2. The topological polar surface area (TPSA) is 77.1 Å². The maximum absolute atomic E-state index is 13.0. The number of nitrogens with zero attached hydrogens (tertiary/aromatic N) is 1. The average Bonchev–Trinajstić information content (AvgIpc) is 2.71.